The molecule has 1 heterocycles. The second kappa shape index (κ2) is 3.41. The molecule has 3 rings (SSSR count). The molecule has 4 heteroatoms. The first kappa shape index (κ1) is 9.52. The van der Waals surface area contributed by atoms with Gasteiger partial charge in [-0.1, -0.05) is 11.6 Å². The fourth-order valence-electron chi connectivity index (χ4n) is 2.88. The van der Waals surface area contributed by atoms with Gasteiger partial charge in [-0.2, -0.15) is 5.10 Å². The number of anilines is 1. The Balaban J connectivity index is 1.64. The molecule has 0 aromatic carbocycles. The first-order valence-corrected chi connectivity index (χ1v) is 6.08. The van der Waals surface area contributed by atoms with E-state index in [-0.39, 0.29) is 0 Å². The van der Waals surface area contributed by atoms with Crippen molar-refractivity contribution in [1.82, 2.24) is 9.78 Å². The van der Waals surface area contributed by atoms with Crippen LogP contribution in [0.3, 0.4) is 0 Å². The van der Waals surface area contributed by atoms with E-state index in [4.69, 9.17) is 17.3 Å². The Kier molecular flexibility index (Phi) is 2.16. The van der Waals surface area contributed by atoms with E-state index < -0.39 is 0 Å². The van der Waals surface area contributed by atoms with Crippen LogP contribution in [0, 0.1) is 17.8 Å². The van der Waals surface area contributed by atoms with E-state index in [9.17, 15) is 0 Å². The Morgan fingerprint density at radius 3 is 2.93 bits per heavy atom. The Labute approximate surface area is 94.6 Å². The average Bonchev–Trinajstić information content (AvgIpc) is 2.88. The third-order valence-electron chi connectivity index (χ3n) is 3.84. The van der Waals surface area contributed by atoms with Gasteiger partial charge in [0, 0.05) is 12.7 Å². The fourth-order valence-corrected chi connectivity index (χ4v) is 3.03. The molecule has 2 fully saturated rings. The largest absolute Gasteiger partial charge is 0.381 e. The van der Waals surface area contributed by atoms with Crippen LogP contribution < -0.4 is 5.73 Å². The van der Waals surface area contributed by atoms with Crippen LogP contribution >= 0.6 is 11.6 Å². The molecule has 0 spiro atoms. The predicted molar refractivity (Wildman–Crippen MR) is 60.6 cm³/mol. The third kappa shape index (κ3) is 1.85. The monoisotopic (exact) mass is 225 g/mol. The van der Waals surface area contributed by atoms with Gasteiger partial charge in [0.15, 0.2) is 5.82 Å². The van der Waals surface area contributed by atoms with Crippen molar-refractivity contribution >= 4 is 17.4 Å². The van der Waals surface area contributed by atoms with Gasteiger partial charge in [-0.15, -0.1) is 0 Å². The lowest BCUT2D eigenvalue weighted by atomic mass is 9.89. The number of halogens is 1. The van der Waals surface area contributed by atoms with Crippen molar-refractivity contribution in [3.05, 3.63) is 11.2 Å². The number of nitrogens with two attached hydrogens (primary N) is 1. The van der Waals surface area contributed by atoms with Crippen LogP contribution in [0.2, 0.25) is 5.02 Å². The molecule has 0 bridgehead atoms. The van der Waals surface area contributed by atoms with Gasteiger partial charge < -0.3 is 5.73 Å². The van der Waals surface area contributed by atoms with E-state index in [1.165, 1.54) is 25.7 Å². The van der Waals surface area contributed by atoms with E-state index in [0.29, 0.717) is 10.8 Å². The predicted octanol–water partition coefficient (Wildman–Crippen LogP) is 2.55. The topological polar surface area (TPSA) is 43.8 Å². The normalized spacial score (nSPS) is 33.8. The zero-order valence-electron chi connectivity index (χ0n) is 8.69. The van der Waals surface area contributed by atoms with Gasteiger partial charge in [0.1, 0.15) is 5.02 Å². The van der Waals surface area contributed by atoms with Crippen molar-refractivity contribution in [3.63, 3.8) is 0 Å². The summed E-state index contributed by atoms with van der Waals surface area (Å²) in [6.07, 6.45) is 7.45. The second-order valence-electron chi connectivity index (χ2n) is 5.02. The Morgan fingerprint density at radius 2 is 2.27 bits per heavy atom. The maximum atomic E-state index is 5.88. The molecular formula is C11H16ClN3. The zero-order chi connectivity index (χ0) is 10.4. The van der Waals surface area contributed by atoms with Crippen molar-refractivity contribution in [1.29, 1.82) is 0 Å². The number of hydrogen-bond acceptors (Lipinski definition) is 2. The maximum absolute atomic E-state index is 5.88. The molecule has 0 saturated heterocycles. The minimum absolute atomic E-state index is 0.455. The molecule has 3 nitrogen and oxygen atoms in total. The summed E-state index contributed by atoms with van der Waals surface area (Å²) in [5, 5.41) is 4.78. The molecule has 3 unspecified atom stereocenters. The molecule has 2 saturated carbocycles. The highest BCUT2D eigenvalue weighted by Gasteiger charge is 2.41. The summed E-state index contributed by atoms with van der Waals surface area (Å²) in [5.41, 5.74) is 5.62. The van der Waals surface area contributed by atoms with Crippen LogP contribution in [-0.4, -0.2) is 9.78 Å². The summed E-state index contributed by atoms with van der Waals surface area (Å²) in [5.74, 6) is 3.32. The van der Waals surface area contributed by atoms with Gasteiger partial charge in [-0.3, -0.25) is 4.68 Å². The van der Waals surface area contributed by atoms with E-state index in [1.54, 1.807) is 0 Å². The maximum Gasteiger partial charge on any atom is 0.164 e. The molecule has 0 amide bonds. The molecule has 2 N–H and O–H groups in total. The second-order valence-corrected chi connectivity index (χ2v) is 5.43. The molecular weight excluding hydrogens is 210 g/mol. The van der Waals surface area contributed by atoms with Crippen molar-refractivity contribution in [2.75, 3.05) is 5.73 Å². The number of nitrogen functional groups attached to an aromatic ring is 1. The average molecular weight is 226 g/mol. The van der Waals surface area contributed by atoms with Crippen LogP contribution in [-0.2, 0) is 6.54 Å². The molecule has 1 aromatic heterocycles. The summed E-state index contributed by atoms with van der Waals surface area (Å²) >= 11 is 5.88. The van der Waals surface area contributed by atoms with Gasteiger partial charge in [-0.25, -0.2) is 0 Å². The number of aromatic nitrogens is 2. The highest BCUT2D eigenvalue weighted by molar-refractivity contribution is 6.32. The lowest BCUT2D eigenvalue weighted by molar-refractivity contribution is 0.297. The van der Waals surface area contributed by atoms with Crippen LogP contribution in [0.5, 0.6) is 0 Å². The van der Waals surface area contributed by atoms with E-state index >= 15 is 0 Å². The van der Waals surface area contributed by atoms with E-state index in [0.717, 1.165) is 24.3 Å². The Morgan fingerprint density at radius 1 is 1.40 bits per heavy atom. The lowest BCUT2D eigenvalue weighted by Gasteiger charge is -2.20. The molecule has 15 heavy (non-hydrogen) atoms. The molecule has 0 radical (unpaired) electrons. The summed E-state index contributed by atoms with van der Waals surface area (Å²) in [4.78, 5) is 0. The van der Waals surface area contributed by atoms with Crippen LogP contribution in [0.15, 0.2) is 6.20 Å². The van der Waals surface area contributed by atoms with Crippen LogP contribution in [0.1, 0.15) is 25.7 Å². The SMILES string of the molecule is Nc1nn(CC2CCC3CC3C2)cc1Cl. The molecule has 0 aliphatic heterocycles. The van der Waals surface area contributed by atoms with Crippen molar-refractivity contribution in [2.24, 2.45) is 17.8 Å². The highest BCUT2D eigenvalue weighted by atomic mass is 35.5. The first-order valence-electron chi connectivity index (χ1n) is 5.71. The quantitative estimate of drug-likeness (QED) is 0.841. The number of rotatable bonds is 2. The van der Waals surface area contributed by atoms with Crippen LogP contribution in [0.4, 0.5) is 5.82 Å². The minimum atomic E-state index is 0.455. The van der Waals surface area contributed by atoms with Crippen molar-refractivity contribution < 1.29 is 0 Å². The van der Waals surface area contributed by atoms with Gasteiger partial charge in [-0.05, 0) is 43.4 Å². The Bertz CT molecular complexity index is 354. The van der Waals surface area contributed by atoms with Crippen molar-refractivity contribution in [2.45, 2.75) is 32.2 Å². The van der Waals surface area contributed by atoms with Gasteiger partial charge in [0.2, 0.25) is 0 Å². The molecule has 3 atom stereocenters. The molecule has 2 aliphatic rings. The Hall–Kier alpha value is -0.700. The standard InChI is InChI=1S/C11H16ClN3/c12-10-6-15(14-11(10)13)5-7-1-2-8-4-9(8)3-7/h6-9H,1-5H2,(H2,13,14). The van der Waals surface area contributed by atoms with Crippen LogP contribution in [0.25, 0.3) is 0 Å². The van der Waals surface area contributed by atoms with Crippen molar-refractivity contribution in [3.8, 4) is 0 Å². The summed E-state index contributed by atoms with van der Waals surface area (Å²) in [6.45, 7) is 0.986. The highest BCUT2D eigenvalue weighted by Crippen LogP contribution is 2.51. The number of hydrogen-bond donors (Lipinski definition) is 1. The number of fused-ring (bicyclic) bond motifs is 1. The van der Waals surface area contributed by atoms with E-state index in [2.05, 4.69) is 5.10 Å². The molecule has 1 aromatic rings. The zero-order valence-corrected chi connectivity index (χ0v) is 9.45. The lowest BCUT2D eigenvalue weighted by Crippen LogP contribution is -2.16. The molecule has 2 aliphatic carbocycles. The van der Waals surface area contributed by atoms with Gasteiger partial charge in [0.25, 0.3) is 0 Å². The third-order valence-corrected chi connectivity index (χ3v) is 4.13. The minimum Gasteiger partial charge on any atom is -0.381 e. The first-order chi connectivity index (χ1) is 7.22. The van der Waals surface area contributed by atoms with Gasteiger partial charge in [0.05, 0.1) is 0 Å². The number of nitrogens with zero attached hydrogens (tertiary/aromatic N) is 2. The van der Waals surface area contributed by atoms with Gasteiger partial charge >= 0.3 is 0 Å². The summed E-state index contributed by atoms with van der Waals surface area (Å²) in [6, 6.07) is 0. The summed E-state index contributed by atoms with van der Waals surface area (Å²) in [7, 11) is 0. The van der Waals surface area contributed by atoms with E-state index in [1.807, 2.05) is 10.9 Å². The fraction of sp³-hybridized carbons (Fsp3) is 0.727. The molecule has 82 valence electrons. The summed E-state index contributed by atoms with van der Waals surface area (Å²) < 4.78 is 1.91. The smallest absolute Gasteiger partial charge is 0.164 e.